The van der Waals surface area contributed by atoms with Crippen molar-refractivity contribution in [2.45, 2.75) is 25.4 Å². The second-order valence-corrected chi connectivity index (χ2v) is 9.89. The van der Waals surface area contributed by atoms with E-state index in [4.69, 9.17) is 5.10 Å². The van der Waals surface area contributed by atoms with Crippen molar-refractivity contribution in [3.8, 4) is 0 Å². The van der Waals surface area contributed by atoms with Crippen LogP contribution in [0.3, 0.4) is 0 Å². The minimum absolute atomic E-state index is 0.0284. The van der Waals surface area contributed by atoms with Crippen LogP contribution < -0.4 is 10.3 Å². The summed E-state index contributed by atoms with van der Waals surface area (Å²) in [6.45, 7) is 2.11. The van der Waals surface area contributed by atoms with Crippen LogP contribution in [-0.4, -0.2) is 60.6 Å². The predicted octanol–water partition coefficient (Wildman–Crippen LogP) is 4.28. The molecule has 1 N–H and O–H groups in total. The summed E-state index contributed by atoms with van der Waals surface area (Å²) in [4.78, 5) is 30.7. The number of nitrogens with zero attached hydrogens (tertiary/aromatic N) is 4. The number of nitrogens with one attached hydrogen (secondary N) is 1. The van der Waals surface area contributed by atoms with Crippen molar-refractivity contribution < 1.29 is 9.59 Å². The van der Waals surface area contributed by atoms with Crippen LogP contribution in [0.15, 0.2) is 102 Å². The first-order valence-corrected chi connectivity index (χ1v) is 13.0. The molecule has 0 atom stereocenters. The fraction of sp³-hybridized carbons (Fsp3) is 0.258. The number of anilines is 1. The number of hydrogen-bond acceptors (Lipinski definition) is 5. The Morgan fingerprint density at radius 1 is 0.947 bits per heavy atom. The maximum atomic E-state index is 13.5. The molecule has 3 aromatic rings. The van der Waals surface area contributed by atoms with E-state index in [2.05, 4.69) is 24.3 Å². The van der Waals surface area contributed by atoms with Gasteiger partial charge in [-0.2, -0.15) is 10.1 Å². The van der Waals surface area contributed by atoms with Gasteiger partial charge in [-0.15, -0.1) is 0 Å². The molecule has 2 heterocycles. The largest absolute Gasteiger partial charge is 0.386 e. The van der Waals surface area contributed by atoms with Gasteiger partial charge in [-0.05, 0) is 56.8 Å². The van der Waals surface area contributed by atoms with Crippen LogP contribution >= 0.6 is 0 Å². The van der Waals surface area contributed by atoms with Gasteiger partial charge in [0.25, 0.3) is 11.8 Å². The van der Waals surface area contributed by atoms with E-state index < -0.39 is 0 Å². The highest BCUT2D eigenvalue weighted by molar-refractivity contribution is 6.35. The van der Waals surface area contributed by atoms with E-state index in [-0.39, 0.29) is 11.8 Å². The molecule has 2 aliphatic heterocycles. The highest BCUT2D eigenvalue weighted by Gasteiger charge is 2.32. The van der Waals surface area contributed by atoms with Crippen LogP contribution in [0.1, 0.15) is 34.3 Å². The molecule has 0 radical (unpaired) electrons. The Bertz CT molecular complexity index is 1330. The van der Waals surface area contributed by atoms with E-state index in [0.717, 1.165) is 37.1 Å². The van der Waals surface area contributed by atoms with Gasteiger partial charge < -0.3 is 15.1 Å². The summed E-state index contributed by atoms with van der Waals surface area (Å²) in [6.07, 6.45) is 3.70. The zero-order valence-electron chi connectivity index (χ0n) is 21.9. The molecule has 0 bridgehead atoms. The molecule has 0 spiro atoms. The zero-order valence-corrected chi connectivity index (χ0v) is 21.9. The van der Waals surface area contributed by atoms with Crippen LogP contribution in [0, 0.1) is 0 Å². The number of carbonyl (C=O) groups excluding carboxylic acids is 2. The van der Waals surface area contributed by atoms with Gasteiger partial charge in [-0.1, -0.05) is 60.7 Å². The minimum Gasteiger partial charge on any atom is -0.386 e. The van der Waals surface area contributed by atoms with Crippen molar-refractivity contribution >= 4 is 23.2 Å². The lowest BCUT2D eigenvalue weighted by atomic mass is 10.0. The van der Waals surface area contributed by atoms with Gasteiger partial charge >= 0.3 is 0 Å². The van der Waals surface area contributed by atoms with E-state index in [1.54, 1.807) is 30.5 Å². The monoisotopic (exact) mass is 507 g/mol. The summed E-state index contributed by atoms with van der Waals surface area (Å²) < 4.78 is 0. The van der Waals surface area contributed by atoms with Crippen LogP contribution in [0.5, 0.6) is 0 Å². The average molecular weight is 508 g/mol. The summed E-state index contributed by atoms with van der Waals surface area (Å²) in [5.41, 5.74) is 4.34. The van der Waals surface area contributed by atoms with Crippen LogP contribution in [-0.2, 0) is 11.3 Å². The Balaban J connectivity index is 1.33. The van der Waals surface area contributed by atoms with Gasteiger partial charge in [-0.3, -0.25) is 9.59 Å². The first kappa shape index (κ1) is 25.4. The molecule has 7 nitrogen and oxygen atoms in total. The summed E-state index contributed by atoms with van der Waals surface area (Å²) in [6, 6.07) is 27.4. The normalized spacial score (nSPS) is 17.3. The predicted molar refractivity (Wildman–Crippen MR) is 151 cm³/mol. The van der Waals surface area contributed by atoms with Crippen molar-refractivity contribution in [1.29, 1.82) is 0 Å². The van der Waals surface area contributed by atoms with Crippen molar-refractivity contribution in [2.75, 3.05) is 32.2 Å². The van der Waals surface area contributed by atoms with Crippen LogP contribution in [0.4, 0.5) is 5.69 Å². The number of benzene rings is 3. The third-order valence-corrected chi connectivity index (χ3v) is 7.16. The number of rotatable bonds is 7. The molecule has 0 unspecified atom stereocenters. The number of amides is 2. The summed E-state index contributed by atoms with van der Waals surface area (Å²) in [5.74, 6) is -0.185. The molecule has 0 aromatic heterocycles. The molecular formula is C31H33N5O2. The van der Waals surface area contributed by atoms with Crippen molar-refractivity contribution in [3.63, 3.8) is 0 Å². The molecule has 3 aromatic carbocycles. The molecule has 194 valence electrons. The third kappa shape index (κ3) is 5.53. The molecule has 38 heavy (non-hydrogen) atoms. The number of carbonyl (C=O) groups is 2. The van der Waals surface area contributed by atoms with E-state index >= 15 is 0 Å². The highest BCUT2D eigenvalue weighted by Crippen LogP contribution is 2.27. The molecule has 0 aliphatic carbocycles. The Labute approximate surface area is 224 Å². The quantitative estimate of drug-likeness (QED) is 0.485. The average Bonchev–Trinajstić information content (AvgIpc) is 3.29. The number of piperidine rings is 1. The number of hydrazone groups is 1. The lowest BCUT2D eigenvalue weighted by Gasteiger charge is -2.35. The Morgan fingerprint density at radius 3 is 2.21 bits per heavy atom. The number of likely N-dealkylation sites (tertiary alicyclic amines) is 1. The Hall–Kier alpha value is -4.23. The molecule has 2 amide bonds. The second-order valence-electron chi connectivity index (χ2n) is 9.89. The van der Waals surface area contributed by atoms with Crippen molar-refractivity contribution in [3.05, 3.63) is 113 Å². The fourth-order valence-electron chi connectivity index (χ4n) is 4.91. The van der Waals surface area contributed by atoms with Gasteiger partial charge in [-0.25, -0.2) is 0 Å². The van der Waals surface area contributed by atoms with Crippen molar-refractivity contribution in [1.82, 2.24) is 15.1 Å². The van der Waals surface area contributed by atoms with Crippen LogP contribution in [0.2, 0.25) is 0 Å². The Kier molecular flexibility index (Phi) is 7.65. The lowest BCUT2D eigenvalue weighted by Crippen LogP contribution is -2.44. The first-order valence-electron chi connectivity index (χ1n) is 13.0. The molecule has 1 saturated heterocycles. The molecule has 1 fully saturated rings. The summed E-state index contributed by atoms with van der Waals surface area (Å²) in [7, 11) is 4.18. The maximum Gasteiger partial charge on any atom is 0.282 e. The topological polar surface area (TPSA) is 68.2 Å². The van der Waals surface area contributed by atoms with Crippen molar-refractivity contribution in [2.24, 2.45) is 5.10 Å². The lowest BCUT2D eigenvalue weighted by molar-refractivity contribution is -0.114. The van der Waals surface area contributed by atoms with Gasteiger partial charge in [0.1, 0.15) is 5.71 Å². The molecule has 2 aliphatic rings. The van der Waals surface area contributed by atoms with E-state index in [1.807, 2.05) is 65.6 Å². The van der Waals surface area contributed by atoms with E-state index in [9.17, 15) is 9.59 Å². The molecule has 0 saturated carbocycles. The first-order chi connectivity index (χ1) is 18.5. The Morgan fingerprint density at radius 2 is 1.58 bits per heavy atom. The van der Waals surface area contributed by atoms with Gasteiger partial charge in [0.2, 0.25) is 0 Å². The van der Waals surface area contributed by atoms with Gasteiger partial charge in [0.05, 0.1) is 11.3 Å². The SMILES string of the molecule is CN(C)C1CCN(C(=O)c2ccc(N3N=C(c4ccccc4)C(=CNCc4ccccc4)C3=O)cc2)CC1. The zero-order chi connectivity index (χ0) is 26.5. The summed E-state index contributed by atoms with van der Waals surface area (Å²) >= 11 is 0. The smallest absolute Gasteiger partial charge is 0.282 e. The molecule has 5 rings (SSSR count). The van der Waals surface area contributed by atoms with Crippen LogP contribution in [0.25, 0.3) is 0 Å². The van der Waals surface area contributed by atoms with Gasteiger partial charge in [0.15, 0.2) is 0 Å². The summed E-state index contributed by atoms with van der Waals surface area (Å²) in [5, 5.41) is 9.38. The second kappa shape index (κ2) is 11.4. The van der Waals surface area contributed by atoms with Gasteiger partial charge in [0, 0.05) is 43.0 Å². The molecule has 7 heteroatoms. The highest BCUT2D eigenvalue weighted by atomic mass is 16.2. The minimum atomic E-state index is -0.214. The van der Waals surface area contributed by atoms with E-state index in [1.165, 1.54) is 5.01 Å². The number of hydrogen-bond donors (Lipinski definition) is 1. The third-order valence-electron chi connectivity index (χ3n) is 7.16. The maximum absolute atomic E-state index is 13.5. The standard InChI is InChI=1S/C31H33N5O2/c1-34(2)26-17-19-35(20-18-26)30(37)25-13-15-27(16-14-25)36-31(38)28(22-32-21-23-9-5-3-6-10-23)29(33-36)24-11-7-4-8-12-24/h3-16,22,26,32H,17-21H2,1-2H3. The fourth-order valence-corrected chi connectivity index (χ4v) is 4.91. The van der Waals surface area contributed by atoms with E-state index in [0.29, 0.717) is 35.1 Å². The molecular weight excluding hydrogens is 474 g/mol.